The topological polar surface area (TPSA) is 99.1 Å². The molecule has 11 heteroatoms. The SMILES string of the molecule is CS(=O)(=O)Nc1ccc(SC(F)(F)F)cc1C(=O)NC12CCC(C#N)(CC1)CC2. The van der Waals surface area contributed by atoms with Crippen LogP contribution in [0, 0.1) is 16.7 Å². The van der Waals surface area contributed by atoms with Gasteiger partial charge >= 0.3 is 5.51 Å². The molecule has 29 heavy (non-hydrogen) atoms. The van der Waals surface area contributed by atoms with Gasteiger partial charge in [-0.1, -0.05) is 0 Å². The van der Waals surface area contributed by atoms with E-state index in [1.165, 1.54) is 0 Å². The van der Waals surface area contributed by atoms with Crippen molar-refractivity contribution in [3.05, 3.63) is 23.8 Å². The first-order valence-electron chi connectivity index (χ1n) is 8.96. The molecule has 0 unspecified atom stereocenters. The number of nitriles is 1. The number of carbonyl (C=O) groups excluding carboxylic acids is 1. The van der Waals surface area contributed by atoms with E-state index in [9.17, 15) is 31.6 Å². The van der Waals surface area contributed by atoms with Crippen LogP contribution in [-0.4, -0.2) is 31.6 Å². The summed E-state index contributed by atoms with van der Waals surface area (Å²) in [7, 11) is -3.73. The van der Waals surface area contributed by atoms with Gasteiger partial charge in [0.15, 0.2) is 0 Å². The normalized spacial score (nSPS) is 26.6. The van der Waals surface area contributed by atoms with Crippen LogP contribution in [0.3, 0.4) is 0 Å². The Bertz CT molecular complexity index is 946. The van der Waals surface area contributed by atoms with E-state index in [4.69, 9.17) is 0 Å². The summed E-state index contributed by atoms with van der Waals surface area (Å²) in [6, 6.07) is 5.69. The molecule has 3 fully saturated rings. The van der Waals surface area contributed by atoms with Crippen molar-refractivity contribution in [1.82, 2.24) is 5.32 Å². The lowest BCUT2D eigenvalue weighted by molar-refractivity contribution is -0.0328. The van der Waals surface area contributed by atoms with Gasteiger partial charge in [0.05, 0.1) is 29.0 Å². The van der Waals surface area contributed by atoms with Gasteiger partial charge < -0.3 is 5.32 Å². The molecule has 3 aliphatic carbocycles. The Morgan fingerprint density at radius 2 is 1.76 bits per heavy atom. The molecule has 0 heterocycles. The second-order valence-electron chi connectivity index (χ2n) is 7.76. The fraction of sp³-hybridized carbons (Fsp3) is 0.556. The van der Waals surface area contributed by atoms with Crippen LogP contribution in [0.2, 0.25) is 0 Å². The van der Waals surface area contributed by atoms with Crippen molar-refractivity contribution >= 4 is 33.4 Å². The second-order valence-corrected chi connectivity index (χ2v) is 10.6. The van der Waals surface area contributed by atoms with Crippen LogP contribution in [0.4, 0.5) is 18.9 Å². The summed E-state index contributed by atoms with van der Waals surface area (Å²) >= 11 is -0.373. The first kappa shape index (κ1) is 21.8. The number of anilines is 1. The van der Waals surface area contributed by atoms with Gasteiger partial charge in [-0.25, -0.2) is 8.42 Å². The molecule has 2 bridgehead atoms. The van der Waals surface area contributed by atoms with Crippen LogP contribution in [0.1, 0.15) is 48.9 Å². The zero-order chi connectivity index (χ0) is 21.5. The van der Waals surface area contributed by atoms with Crippen molar-refractivity contribution in [3.63, 3.8) is 0 Å². The van der Waals surface area contributed by atoms with Crippen molar-refractivity contribution in [2.45, 2.75) is 54.5 Å². The van der Waals surface area contributed by atoms with Gasteiger partial charge in [-0.3, -0.25) is 9.52 Å². The molecule has 0 saturated heterocycles. The summed E-state index contributed by atoms with van der Waals surface area (Å²) in [6.07, 6.45) is 4.69. The standard InChI is InChI=1S/C18H20F3N3O3S2/c1-29(26,27)24-14-3-2-12(28-18(19,20)21)10-13(14)15(25)23-17-7-4-16(11-22,5-8-17)6-9-17/h2-3,10,24H,4-9H2,1H3,(H,23,25). The fourth-order valence-electron chi connectivity index (χ4n) is 4.05. The number of benzene rings is 1. The predicted molar refractivity (Wildman–Crippen MR) is 103 cm³/mol. The molecule has 0 atom stereocenters. The number of alkyl halides is 3. The Balaban J connectivity index is 1.88. The van der Waals surface area contributed by atoms with Gasteiger partial charge in [0.2, 0.25) is 10.0 Å². The Labute approximate surface area is 171 Å². The van der Waals surface area contributed by atoms with Crippen LogP contribution in [0.25, 0.3) is 0 Å². The number of rotatable bonds is 5. The summed E-state index contributed by atoms with van der Waals surface area (Å²) in [4.78, 5) is 12.8. The molecule has 1 aromatic rings. The first-order chi connectivity index (χ1) is 13.3. The van der Waals surface area contributed by atoms with Crippen LogP contribution in [0.15, 0.2) is 23.1 Å². The van der Waals surface area contributed by atoms with Gasteiger partial charge in [0.25, 0.3) is 5.91 Å². The molecular formula is C18H20F3N3O3S2. The number of hydrogen-bond acceptors (Lipinski definition) is 5. The van der Waals surface area contributed by atoms with E-state index in [1.54, 1.807) is 0 Å². The van der Waals surface area contributed by atoms with E-state index in [0.717, 1.165) is 24.5 Å². The lowest BCUT2D eigenvalue weighted by atomic mass is 9.58. The third kappa shape index (κ3) is 5.17. The zero-order valence-electron chi connectivity index (χ0n) is 15.6. The third-order valence-electron chi connectivity index (χ3n) is 5.63. The van der Waals surface area contributed by atoms with E-state index < -0.39 is 27.0 Å². The molecule has 4 rings (SSSR count). The highest BCUT2D eigenvalue weighted by atomic mass is 32.2. The predicted octanol–water partition coefficient (Wildman–Crippen LogP) is 4.02. The molecule has 158 valence electrons. The molecule has 3 saturated carbocycles. The molecule has 0 radical (unpaired) electrons. The Morgan fingerprint density at radius 1 is 1.17 bits per heavy atom. The summed E-state index contributed by atoms with van der Waals surface area (Å²) in [6.45, 7) is 0. The quantitative estimate of drug-likeness (QED) is 0.665. The highest BCUT2D eigenvalue weighted by Gasteiger charge is 2.49. The highest BCUT2D eigenvalue weighted by Crippen LogP contribution is 2.52. The van der Waals surface area contributed by atoms with Crippen molar-refractivity contribution in [2.75, 3.05) is 11.0 Å². The maximum Gasteiger partial charge on any atom is 0.446 e. The molecule has 1 amide bonds. The van der Waals surface area contributed by atoms with E-state index in [0.29, 0.717) is 38.5 Å². The Hall–Kier alpha value is -1.93. The summed E-state index contributed by atoms with van der Waals surface area (Å²) in [5.74, 6) is -0.632. The minimum Gasteiger partial charge on any atom is -0.347 e. The smallest absolute Gasteiger partial charge is 0.347 e. The molecule has 0 aromatic heterocycles. The van der Waals surface area contributed by atoms with Gasteiger partial charge in [0, 0.05) is 10.4 Å². The molecule has 3 aliphatic rings. The number of amides is 1. The summed E-state index contributed by atoms with van der Waals surface area (Å²) in [5, 5.41) is 12.3. The largest absolute Gasteiger partial charge is 0.446 e. The first-order valence-corrected chi connectivity index (χ1v) is 11.7. The Kier molecular flexibility index (Phi) is 5.55. The van der Waals surface area contributed by atoms with Gasteiger partial charge in [0.1, 0.15) is 0 Å². The van der Waals surface area contributed by atoms with Crippen LogP contribution >= 0.6 is 11.8 Å². The summed E-state index contributed by atoms with van der Waals surface area (Å²) in [5.41, 5.74) is -5.65. The average Bonchev–Trinajstić information content (AvgIpc) is 2.62. The molecule has 1 aromatic carbocycles. The number of thioether (sulfide) groups is 1. The lowest BCUT2D eigenvalue weighted by Gasteiger charge is -2.50. The van der Waals surface area contributed by atoms with Gasteiger partial charge in [-0.2, -0.15) is 18.4 Å². The third-order valence-corrected chi connectivity index (χ3v) is 6.94. The number of halogens is 3. The lowest BCUT2D eigenvalue weighted by Crippen LogP contribution is -2.56. The van der Waals surface area contributed by atoms with E-state index >= 15 is 0 Å². The minimum atomic E-state index is -4.54. The number of nitrogens with one attached hydrogen (secondary N) is 2. The van der Waals surface area contributed by atoms with Crippen LogP contribution < -0.4 is 10.0 Å². The van der Waals surface area contributed by atoms with Crippen molar-refractivity contribution in [3.8, 4) is 6.07 Å². The van der Waals surface area contributed by atoms with E-state index in [-0.39, 0.29) is 33.3 Å². The number of hydrogen-bond donors (Lipinski definition) is 2. The van der Waals surface area contributed by atoms with E-state index in [2.05, 4.69) is 16.1 Å². The highest BCUT2D eigenvalue weighted by molar-refractivity contribution is 8.00. The number of sulfonamides is 1. The van der Waals surface area contributed by atoms with Crippen molar-refractivity contribution in [1.29, 1.82) is 5.26 Å². The Morgan fingerprint density at radius 3 is 2.24 bits per heavy atom. The number of carbonyl (C=O) groups is 1. The van der Waals surface area contributed by atoms with E-state index in [1.807, 2.05) is 0 Å². The van der Waals surface area contributed by atoms with Gasteiger partial charge in [-0.05, 0) is 68.5 Å². The molecule has 0 aliphatic heterocycles. The maximum atomic E-state index is 13.0. The second kappa shape index (κ2) is 7.40. The van der Waals surface area contributed by atoms with Crippen LogP contribution in [0.5, 0.6) is 0 Å². The number of nitrogens with zero attached hydrogens (tertiary/aromatic N) is 1. The van der Waals surface area contributed by atoms with Crippen molar-refractivity contribution < 1.29 is 26.4 Å². The number of fused-ring (bicyclic) bond motifs is 3. The molecule has 2 N–H and O–H groups in total. The average molecular weight is 448 g/mol. The maximum absolute atomic E-state index is 13.0. The molecule has 0 spiro atoms. The summed E-state index contributed by atoms with van der Waals surface area (Å²) < 4.78 is 63.6. The molecular weight excluding hydrogens is 427 g/mol. The van der Waals surface area contributed by atoms with Crippen molar-refractivity contribution in [2.24, 2.45) is 5.41 Å². The van der Waals surface area contributed by atoms with Crippen LogP contribution in [-0.2, 0) is 10.0 Å². The fourth-order valence-corrected chi connectivity index (χ4v) is 5.20. The van der Waals surface area contributed by atoms with Gasteiger partial charge in [-0.15, -0.1) is 0 Å². The monoisotopic (exact) mass is 447 g/mol. The minimum absolute atomic E-state index is 0.0779. The zero-order valence-corrected chi connectivity index (χ0v) is 17.2. The molecule has 6 nitrogen and oxygen atoms in total.